The number of anilines is 3. The maximum Gasteiger partial charge on any atom is 0.248 e. The Morgan fingerprint density at radius 2 is 1.63 bits per heavy atom. The number of hydrogen-bond donors (Lipinski definition) is 3. The summed E-state index contributed by atoms with van der Waals surface area (Å²) in [5.41, 5.74) is 2.10. The van der Waals surface area contributed by atoms with Gasteiger partial charge in [-0.2, -0.15) is 0 Å². The van der Waals surface area contributed by atoms with Crippen molar-refractivity contribution in [3.63, 3.8) is 0 Å². The molecule has 0 saturated heterocycles. The maximum absolute atomic E-state index is 12.0. The third-order valence-electron chi connectivity index (χ3n) is 3.19. The lowest BCUT2D eigenvalue weighted by atomic mass is 10.2. The Bertz CT molecular complexity index is 986. The van der Waals surface area contributed by atoms with Crippen LogP contribution in [0.3, 0.4) is 0 Å². The fourth-order valence-corrected chi connectivity index (χ4v) is 2.91. The zero-order valence-electron chi connectivity index (χ0n) is 14.6. The second kappa shape index (κ2) is 8.70. The highest BCUT2D eigenvalue weighted by atomic mass is 35.5. The van der Waals surface area contributed by atoms with Gasteiger partial charge in [-0.15, -0.1) is 0 Å². The highest BCUT2D eigenvalue weighted by Crippen LogP contribution is 2.25. The molecule has 2 rings (SSSR count). The first-order chi connectivity index (χ1) is 12.6. The average Bonchev–Trinajstić information content (AvgIpc) is 2.55. The molecular formula is C18H18ClN3O4S. The minimum Gasteiger partial charge on any atom is -0.325 e. The van der Waals surface area contributed by atoms with E-state index in [1.54, 1.807) is 42.5 Å². The number of amides is 2. The predicted octanol–water partition coefficient (Wildman–Crippen LogP) is 3.32. The monoisotopic (exact) mass is 407 g/mol. The van der Waals surface area contributed by atoms with Crippen molar-refractivity contribution in [1.29, 1.82) is 0 Å². The minimum atomic E-state index is -3.33. The molecule has 2 amide bonds. The number of carbonyl (C=O) groups is 2. The van der Waals surface area contributed by atoms with Gasteiger partial charge in [0.2, 0.25) is 21.8 Å². The largest absolute Gasteiger partial charge is 0.325 e. The van der Waals surface area contributed by atoms with E-state index in [1.807, 2.05) is 0 Å². The van der Waals surface area contributed by atoms with E-state index in [-0.39, 0.29) is 11.8 Å². The van der Waals surface area contributed by atoms with Crippen molar-refractivity contribution in [1.82, 2.24) is 0 Å². The molecule has 0 fully saturated rings. The van der Waals surface area contributed by atoms with Crippen LogP contribution in [0, 0.1) is 0 Å². The van der Waals surface area contributed by atoms with Crippen molar-refractivity contribution in [3.8, 4) is 0 Å². The number of rotatable bonds is 6. The van der Waals surface area contributed by atoms with Crippen molar-refractivity contribution in [2.24, 2.45) is 0 Å². The maximum atomic E-state index is 12.0. The molecule has 0 aliphatic heterocycles. The molecule has 9 heteroatoms. The summed E-state index contributed by atoms with van der Waals surface area (Å²) >= 11 is 6.06. The molecule has 0 aromatic heterocycles. The van der Waals surface area contributed by atoms with Gasteiger partial charge in [-0.3, -0.25) is 14.3 Å². The standard InChI is InChI=1S/C18H18ClN3O4S/c1-12(23)20-17-9-8-15(11-16(17)19)21-18(24)10-5-13-3-6-14(7-4-13)22-27(2,25)26/h3-11,22H,1-2H3,(H,20,23)(H,21,24)/b10-5+. The minimum absolute atomic E-state index is 0.241. The lowest BCUT2D eigenvalue weighted by Gasteiger charge is -2.08. The Balaban J connectivity index is 1.99. The van der Waals surface area contributed by atoms with Gasteiger partial charge in [0.15, 0.2) is 0 Å². The molecule has 0 unspecified atom stereocenters. The first-order valence-corrected chi connectivity index (χ1v) is 10.0. The lowest BCUT2D eigenvalue weighted by Crippen LogP contribution is -2.09. The number of hydrogen-bond acceptors (Lipinski definition) is 4. The fraction of sp³-hybridized carbons (Fsp3) is 0.111. The van der Waals surface area contributed by atoms with Crippen LogP contribution < -0.4 is 15.4 Å². The number of nitrogens with one attached hydrogen (secondary N) is 3. The van der Waals surface area contributed by atoms with Gasteiger partial charge >= 0.3 is 0 Å². The van der Waals surface area contributed by atoms with Crippen LogP contribution in [-0.4, -0.2) is 26.5 Å². The van der Waals surface area contributed by atoms with Crippen molar-refractivity contribution in [2.45, 2.75) is 6.92 Å². The third kappa shape index (κ3) is 7.12. The van der Waals surface area contributed by atoms with Gasteiger partial charge in [-0.1, -0.05) is 23.7 Å². The Kier molecular flexibility index (Phi) is 6.59. The van der Waals surface area contributed by atoms with Gasteiger partial charge in [0, 0.05) is 24.4 Å². The van der Waals surface area contributed by atoms with Crippen molar-refractivity contribution >= 4 is 56.6 Å². The summed E-state index contributed by atoms with van der Waals surface area (Å²) < 4.78 is 24.7. The number of sulfonamides is 1. The van der Waals surface area contributed by atoms with E-state index in [9.17, 15) is 18.0 Å². The van der Waals surface area contributed by atoms with Crippen molar-refractivity contribution < 1.29 is 18.0 Å². The van der Waals surface area contributed by atoms with Crippen LogP contribution in [0.1, 0.15) is 12.5 Å². The van der Waals surface area contributed by atoms with E-state index in [4.69, 9.17) is 11.6 Å². The Morgan fingerprint density at radius 3 is 2.19 bits per heavy atom. The van der Waals surface area contributed by atoms with E-state index >= 15 is 0 Å². The van der Waals surface area contributed by atoms with E-state index in [0.29, 0.717) is 22.1 Å². The number of benzene rings is 2. The molecule has 3 N–H and O–H groups in total. The molecule has 0 bridgehead atoms. The summed E-state index contributed by atoms with van der Waals surface area (Å²) in [5.74, 6) is -0.606. The van der Waals surface area contributed by atoms with Gasteiger partial charge in [-0.25, -0.2) is 8.42 Å². The van der Waals surface area contributed by atoms with Crippen molar-refractivity contribution in [3.05, 3.63) is 59.1 Å². The quantitative estimate of drug-likeness (QED) is 0.639. The van der Waals surface area contributed by atoms with Crippen LogP contribution in [0.25, 0.3) is 6.08 Å². The summed E-state index contributed by atoms with van der Waals surface area (Å²) in [5, 5.41) is 5.55. The van der Waals surface area contributed by atoms with Crippen LogP contribution in [0.5, 0.6) is 0 Å². The molecule has 0 heterocycles. The second-order valence-corrected chi connectivity index (χ2v) is 7.85. The van der Waals surface area contributed by atoms with Gasteiger partial charge in [0.25, 0.3) is 0 Å². The summed E-state index contributed by atoms with van der Waals surface area (Å²) in [4.78, 5) is 23.1. The Morgan fingerprint density at radius 1 is 1.00 bits per heavy atom. The molecule has 0 saturated carbocycles. The van der Waals surface area contributed by atoms with Crippen molar-refractivity contribution in [2.75, 3.05) is 21.6 Å². The molecule has 0 aliphatic rings. The van der Waals surface area contributed by atoms with Gasteiger partial charge in [0.1, 0.15) is 0 Å². The summed E-state index contributed by atoms with van der Waals surface area (Å²) in [7, 11) is -3.33. The highest BCUT2D eigenvalue weighted by Gasteiger charge is 2.05. The van der Waals surface area contributed by atoms with Crippen LogP contribution in [0.2, 0.25) is 5.02 Å². The molecule has 2 aromatic carbocycles. The molecule has 0 aliphatic carbocycles. The first kappa shape index (κ1) is 20.5. The zero-order chi connectivity index (χ0) is 20.0. The topological polar surface area (TPSA) is 104 Å². The number of carbonyl (C=O) groups excluding carboxylic acids is 2. The molecular weight excluding hydrogens is 390 g/mol. The highest BCUT2D eigenvalue weighted by molar-refractivity contribution is 7.92. The fourth-order valence-electron chi connectivity index (χ4n) is 2.12. The van der Waals surface area contributed by atoms with Crippen LogP contribution in [-0.2, 0) is 19.6 Å². The lowest BCUT2D eigenvalue weighted by molar-refractivity contribution is -0.114. The molecule has 0 atom stereocenters. The molecule has 27 heavy (non-hydrogen) atoms. The third-order valence-corrected chi connectivity index (χ3v) is 4.11. The van der Waals surface area contributed by atoms with E-state index in [0.717, 1.165) is 11.8 Å². The molecule has 7 nitrogen and oxygen atoms in total. The summed E-state index contributed by atoms with van der Waals surface area (Å²) in [6.45, 7) is 1.38. The SMILES string of the molecule is CC(=O)Nc1ccc(NC(=O)/C=C/c2ccc(NS(C)(=O)=O)cc2)cc1Cl. The zero-order valence-corrected chi connectivity index (χ0v) is 16.2. The van der Waals surface area contributed by atoms with E-state index in [1.165, 1.54) is 19.1 Å². The van der Waals surface area contributed by atoms with Crippen LogP contribution in [0.15, 0.2) is 48.5 Å². The summed E-state index contributed by atoms with van der Waals surface area (Å²) in [6.07, 6.45) is 4.00. The Labute approximate surface area is 162 Å². The number of halogens is 1. The molecule has 0 spiro atoms. The van der Waals surface area contributed by atoms with Gasteiger partial charge in [-0.05, 0) is 42.0 Å². The molecule has 0 radical (unpaired) electrons. The smallest absolute Gasteiger partial charge is 0.248 e. The summed E-state index contributed by atoms with van der Waals surface area (Å²) in [6, 6.07) is 11.3. The normalized spacial score (nSPS) is 11.2. The molecule has 2 aromatic rings. The second-order valence-electron chi connectivity index (χ2n) is 5.69. The average molecular weight is 408 g/mol. The molecule has 142 valence electrons. The van der Waals surface area contributed by atoms with Crippen LogP contribution >= 0.6 is 11.6 Å². The van der Waals surface area contributed by atoms with E-state index < -0.39 is 10.0 Å². The first-order valence-electron chi connectivity index (χ1n) is 7.76. The van der Waals surface area contributed by atoms with Gasteiger partial charge in [0.05, 0.1) is 17.0 Å². The van der Waals surface area contributed by atoms with Gasteiger partial charge < -0.3 is 10.6 Å². The van der Waals surface area contributed by atoms with Crippen LogP contribution in [0.4, 0.5) is 17.1 Å². The predicted molar refractivity (Wildman–Crippen MR) is 108 cm³/mol. The Hall–Kier alpha value is -2.84. The van der Waals surface area contributed by atoms with E-state index in [2.05, 4.69) is 15.4 Å².